The average molecular weight is 258 g/mol. The molecule has 6 nitrogen and oxygen atoms in total. The van der Waals surface area contributed by atoms with Crippen molar-refractivity contribution < 1.29 is 19.1 Å². The Balaban J connectivity index is 2.43. The van der Waals surface area contributed by atoms with Gasteiger partial charge in [0, 0.05) is 0 Å². The molecule has 1 fully saturated rings. The van der Waals surface area contributed by atoms with Gasteiger partial charge in [0.2, 0.25) is 5.91 Å². The number of ether oxygens (including phenoxy) is 2. The van der Waals surface area contributed by atoms with Crippen LogP contribution in [-0.2, 0) is 19.1 Å². The van der Waals surface area contributed by atoms with E-state index in [1.165, 1.54) is 0 Å². The van der Waals surface area contributed by atoms with Gasteiger partial charge in [-0.05, 0) is 40.2 Å². The van der Waals surface area contributed by atoms with E-state index in [9.17, 15) is 9.59 Å². The average Bonchev–Trinajstić information content (AvgIpc) is 2.24. The Bertz CT molecular complexity index is 312. The lowest BCUT2D eigenvalue weighted by Crippen LogP contribution is -2.48. The smallest absolute Gasteiger partial charge is 0.323 e. The van der Waals surface area contributed by atoms with Crippen molar-refractivity contribution in [2.45, 2.75) is 51.4 Å². The number of hydrogen-bond donors (Lipinski definition) is 2. The van der Waals surface area contributed by atoms with Gasteiger partial charge in [0.15, 0.2) is 0 Å². The Morgan fingerprint density at radius 3 is 2.61 bits per heavy atom. The summed E-state index contributed by atoms with van der Waals surface area (Å²) in [7, 11) is 0. The fourth-order valence-corrected chi connectivity index (χ4v) is 1.79. The normalized spacial score (nSPS) is 24.6. The molecule has 3 N–H and O–H groups in total. The molecular weight excluding hydrogens is 236 g/mol. The Morgan fingerprint density at radius 1 is 1.39 bits per heavy atom. The summed E-state index contributed by atoms with van der Waals surface area (Å²) in [6.45, 7) is 6.04. The molecule has 0 aromatic carbocycles. The van der Waals surface area contributed by atoms with Gasteiger partial charge in [0.25, 0.3) is 0 Å². The van der Waals surface area contributed by atoms with Gasteiger partial charge < -0.3 is 20.5 Å². The molecule has 2 unspecified atom stereocenters. The number of piperidine rings is 1. The maximum Gasteiger partial charge on any atom is 0.323 e. The number of carbonyl (C=O) groups is 2. The lowest BCUT2D eigenvalue weighted by molar-refractivity contribution is -0.159. The molecule has 104 valence electrons. The van der Waals surface area contributed by atoms with Gasteiger partial charge >= 0.3 is 5.97 Å². The van der Waals surface area contributed by atoms with Crippen molar-refractivity contribution in [1.82, 2.24) is 5.32 Å². The van der Waals surface area contributed by atoms with Crippen molar-refractivity contribution in [2.75, 3.05) is 13.2 Å². The molecule has 1 aliphatic heterocycles. The summed E-state index contributed by atoms with van der Waals surface area (Å²) in [5.74, 6) is -0.780. The van der Waals surface area contributed by atoms with Crippen LogP contribution in [0.2, 0.25) is 0 Å². The van der Waals surface area contributed by atoms with E-state index in [-0.39, 0.29) is 24.7 Å². The molecule has 1 saturated heterocycles. The summed E-state index contributed by atoms with van der Waals surface area (Å²) in [4.78, 5) is 22.5. The Labute approximate surface area is 107 Å². The van der Waals surface area contributed by atoms with Crippen LogP contribution in [-0.4, -0.2) is 42.8 Å². The molecular formula is C12H22N2O4. The largest absolute Gasteiger partial charge is 0.459 e. The van der Waals surface area contributed by atoms with Gasteiger partial charge in [-0.25, -0.2) is 0 Å². The number of amides is 1. The Morgan fingerprint density at radius 2 is 2.06 bits per heavy atom. The topological polar surface area (TPSA) is 90.7 Å². The molecule has 0 saturated carbocycles. The van der Waals surface area contributed by atoms with E-state index in [1.807, 2.05) is 20.8 Å². The molecule has 0 bridgehead atoms. The van der Waals surface area contributed by atoms with Crippen LogP contribution in [0.3, 0.4) is 0 Å². The molecule has 2 atom stereocenters. The van der Waals surface area contributed by atoms with Crippen LogP contribution in [0.15, 0.2) is 0 Å². The summed E-state index contributed by atoms with van der Waals surface area (Å²) >= 11 is 0. The molecule has 0 aromatic rings. The molecule has 1 rings (SSSR count). The number of rotatable bonds is 4. The molecule has 1 amide bonds. The lowest BCUT2D eigenvalue weighted by atomic mass is 10.0. The van der Waals surface area contributed by atoms with Gasteiger partial charge in [-0.2, -0.15) is 0 Å². The van der Waals surface area contributed by atoms with Crippen LogP contribution in [0.4, 0.5) is 0 Å². The number of esters is 1. The predicted molar refractivity (Wildman–Crippen MR) is 65.8 cm³/mol. The van der Waals surface area contributed by atoms with Crippen molar-refractivity contribution >= 4 is 11.9 Å². The fourth-order valence-electron chi connectivity index (χ4n) is 1.79. The van der Waals surface area contributed by atoms with Gasteiger partial charge in [-0.15, -0.1) is 0 Å². The van der Waals surface area contributed by atoms with E-state index in [2.05, 4.69) is 5.32 Å². The number of hydrogen-bond acceptors (Lipinski definition) is 5. The quantitative estimate of drug-likeness (QED) is 0.690. The Kier molecular flexibility index (Phi) is 5.10. The highest BCUT2D eigenvalue weighted by Gasteiger charge is 2.30. The first-order chi connectivity index (χ1) is 8.28. The van der Waals surface area contributed by atoms with Crippen molar-refractivity contribution in [2.24, 2.45) is 5.73 Å². The van der Waals surface area contributed by atoms with Crippen molar-refractivity contribution in [3.05, 3.63) is 0 Å². The zero-order valence-corrected chi connectivity index (χ0v) is 11.2. The Hall–Kier alpha value is -1.14. The molecule has 0 aliphatic carbocycles. The first kappa shape index (κ1) is 14.9. The van der Waals surface area contributed by atoms with E-state index < -0.39 is 11.5 Å². The van der Waals surface area contributed by atoms with Gasteiger partial charge in [0.05, 0.1) is 6.10 Å². The second-order valence-electron chi connectivity index (χ2n) is 5.46. The third-order valence-corrected chi connectivity index (χ3v) is 2.51. The summed E-state index contributed by atoms with van der Waals surface area (Å²) < 4.78 is 10.6. The summed E-state index contributed by atoms with van der Waals surface area (Å²) in [5, 5.41) is 3.09. The van der Waals surface area contributed by atoms with Crippen LogP contribution in [0.1, 0.15) is 33.6 Å². The molecule has 1 heterocycles. The third kappa shape index (κ3) is 5.46. The van der Waals surface area contributed by atoms with E-state index in [0.717, 1.165) is 6.42 Å². The van der Waals surface area contributed by atoms with E-state index in [0.29, 0.717) is 13.0 Å². The van der Waals surface area contributed by atoms with E-state index >= 15 is 0 Å². The minimum atomic E-state index is -0.500. The standard InChI is InChI=1S/C12H22N2O4/c1-12(2,3)18-11(16)9-6-8(4-5-14-9)17-7-10(13)15/h8-9,14H,4-7H2,1-3H3,(H2,13,15). The first-order valence-electron chi connectivity index (χ1n) is 6.14. The van der Waals surface area contributed by atoms with Gasteiger partial charge in [-0.1, -0.05) is 0 Å². The van der Waals surface area contributed by atoms with Crippen LogP contribution < -0.4 is 11.1 Å². The minimum absolute atomic E-state index is 0.105. The summed E-state index contributed by atoms with van der Waals surface area (Å²) in [6, 6.07) is -0.379. The summed E-state index contributed by atoms with van der Waals surface area (Å²) in [6.07, 6.45) is 1.13. The number of primary amides is 1. The molecule has 1 aliphatic rings. The second kappa shape index (κ2) is 6.15. The lowest BCUT2D eigenvalue weighted by Gasteiger charge is -2.31. The van der Waals surface area contributed by atoms with E-state index in [1.54, 1.807) is 0 Å². The summed E-state index contributed by atoms with van der Waals surface area (Å²) in [5.41, 5.74) is 4.52. The van der Waals surface area contributed by atoms with Gasteiger partial charge in [-0.3, -0.25) is 9.59 Å². The number of nitrogens with one attached hydrogen (secondary N) is 1. The van der Waals surface area contributed by atoms with Crippen molar-refractivity contribution in [3.63, 3.8) is 0 Å². The van der Waals surface area contributed by atoms with Crippen LogP contribution in [0.5, 0.6) is 0 Å². The van der Waals surface area contributed by atoms with Crippen LogP contribution in [0, 0.1) is 0 Å². The minimum Gasteiger partial charge on any atom is -0.459 e. The molecule has 18 heavy (non-hydrogen) atoms. The molecule has 0 radical (unpaired) electrons. The first-order valence-corrected chi connectivity index (χ1v) is 6.14. The predicted octanol–water partition coefficient (Wildman–Crippen LogP) is -0.0494. The van der Waals surface area contributed by atoms with Crippen LogP contribution >= 0.6 is 0 Å². The van der Waals surface area contributed by atoms with E-state index in [4.69, 9.17) is 15.2 Å². The SMILES string of the molecule is CC(C)(C)OC(=O)C1CC(OCC(N)=O)CCN1. The van der Waals surface area contributed by atoms with Gasteiger partial charge in [0.1, 0.15) is 18.2 Å². The zero-order chi connectivity index (χ0) is 13.8. The van der Waals surface area contributed by atoms with Crippen molar-refractivity contribution in [3.8, 4) is 0 Å². The highest BCUT2D eigenvalue weighted by molar-refractivity contribution is 5.76. The molecule has 0 aromatic heterocycles. The number of nitrogens with two attached hydrogens (primary N) is 1. The maximum absolute atomic E-state index is 11.9. The van der Waals surface area contributed by atoms with Crippen LogP contribution in [0.25, 0.3) is 0 Å². The zero-order valence-electron chi connectivity index (χ0n) is 11.2. The highest BCUT2D eigenvalue weighted by Crippen LogP contribution is 2.16. The number of carbonyl (C=O) groups excluding carboxylic acids is 2. The monoisotopic (exact) mass is 258 g/mol. The fraction of sp³-hybridized carbons (Fsp3) is 0.833. The molecule has 0 spiro atoms. The highest BCUT2D eigenvalue weighted by atomic mass is 16.6. The third-order valence-electron chi connectivity index (χ3n) is 2.51. The molecule has 6 heteroatoms. The maximum atomic E-state index is 11.9. The van der Waals surface area contributed by atoms with Crippen molar-refractivity contribution in [1.29, 1.82) is 0 Å². The second-order valence-corrected chi connectivity index (χ2v) is 5.46.